The van der Waals surface area contributed by atoms with Crippen LogP contribution in [0.4, 0.5) is 0 Å². The van der Waals surface area contributed by atoms with Crippen LogP contribution in [0.15, 0.2) is 29.3 Å². The summed E-state index contributed by atoms with van der Waals surface area (Å²) < 4.78 is 5.28. The average molecular weight is 486 g/mol. The van der Waals surface area contributed by atoms with Crippen molar-refractivity contribution in [1.82, 2.24) is 15.1 Å². The predicted molar refractivity (Wildman–Crippen MR) is 123 cm³/mol. The first-order valence-electron chi connectivity index (χ1n) is 9.88. The minimum absolute atomic E-state index is 0. The Bertz CT molecular complexity index is 591. The first-order valence-corrected chi connectivity index (χ1v) is 9.88. The van der Waals surface area contributed by atoms with Gasteiger partial charge in [0.2, 0.25) is 0 Å². The largest absolute Gasteiger partial charge is 0.497 e. The van der Waals surface area contributed by atoms with E-state index >= 15 is 0 Å². The number of likely N-dealkylation sites (tertiary alicyclic amines) is 1. The van der Waals surface area contributed by atoms with E-state index in [4.69, 9.17) is 4.74 Å². The van der Waals surface area contributed by atoms with Crippen molar-refractivity contribution in [2.75, 3.05) is 47.9 Å². The number of hydrogen-bond acceptors (Lipinski definition) is 3. The number of halogens is 1. The van der Waals surface area contributed by atoms with Gasteiger partial charge < -0.3 is 19.9 Å². The van der Waals surface area contributed by atoms with Crippen LogP contribution in [-0.2, 0) is 0 Å². The zero-order valence-corrected chi connectivity index (χ0v) is 19.5. The van der Waals surface area contributed by atoms with Gasteiger partial charge in [0.15, 0.2) is 5.96 Å². The first-order chi connectivity index (χ1) is 12.6. The number of fused-ring (bicyclic) bond motifs is 1. The van der Waals surface area contributed by atoms with Gasteiger partial charge >= 0.3 is 0 Å². The first kappa shape index (κ1) is 22.3. The molecule has 3 unspecified atom stereocenters. The predicted octanol–water partition coefficient (Wildman–Crippen LogP) is 3.61. The van der Waals surface area contributed by atoms with Crippen molar-refractivity contribution in [1.29, 1.82) is 0 Å². The van der Waals surface area contributed by atoms with Gasteiger partial charge in [0.25, 0.3) is 0 Å². The van der Waals surface area contributed by atoms with Crippen LogP contribution in [0.5, 0.6) is 5.75 Å². The Morgan fingerprint density at radius 2 is 1.78 bits per heavy atom. The molecule has 1 heterocycles. The fraction of sp³-hybridized carbons (Fsp3) is 0.667. The molecule has 1 saturated carbocycles. The van der Waals surface area contributed by atoms with Crippen LogP contribution >= 0.6 is 24.0 Å². The monoisotopic (exact) mass is 486 g/mol. The van der Waals surface area contributed by atoms with E-state index in [0.29, 0.717) is 6.04 Å². The molecule has 27 heavy (non-hydrogen) atoms. The molecule has 5 nitrogen and oxygen atoms in total. The summed E-state index contributed by atoms with van der Waals surface area (Å²) in [6.45, 7) is 3.18. The van der Waals surface area contributed by atoms with Gasteiger partial charge in [-0.3, -0.25) is 4.99 Å². The molecule has 1 N–H and O–H groups in total. The maximum absolute atomic E-state index is 5.28. The van der Waals surface area contributed by atoms with Crippen LogP contribution in [0.25, 0.3) is 0 Å². The summed E-state index contributed by atoms with van der Waals surface area (Å²) in [7, 11) is 7.87. The molecule has 3 atom stereocenters. The van der Waals surface area contributed by atoms with E-state index in [9.17, 15) is 0 Å². The number of nitrogens with one attached hydrogen (secondary N) is 1. The van der Waals surface area contributed by atoms with E-state index in [1.165, 1.54) is 44.3 Å². The third-order valence-electron chi connectivity index (χ3n) is 6.07. The lowest BCUT2D eigenvalue weighted by Crippen LogP contribution is -2.43. The molecule has 1 aromatic rings. The second-order valence-electron chi connectivity index (χ2n) is 7.89. The zero-order valence-electron chi connectivity index (χ0n) is 17.1. The number of guanidine groups is 1. The fourth-order valence-electron chi connectivity index (χ4n) is 4.52. The minimum Gasteiger partial charge on any atom is -0.497 e. The van der Waals surface area contributed by atoms with Crippen LogP contribution in [0.1, 0.15) is 37.3 Å². The minimum atomic E-state index is 0. The highest BCUT2D eigenvalue weighted by atomic mass is 127. The maximum Gasteiger partial charge on any atom is 0.193 e. The lowest BCUT2D eigenvalue weighted by molar-refractivity contribution is 0.295. The molecular formula is C21H35IN4O. The highest BCUT2D eigenvalue weighted by molar-refractivity contribution is 14.0. The van der Waals surface area contributed by atoms with E-state index < -0.39 is 0 Å². The van der Waals surface area contributed by atoms with Crippen LogP contribution in [0.3, 0.4) is 0 Å². The highest BCUT2D eigenvalue weighted by Gasteiger charge is 2.35. The highest BCUT2D eigenvalue weighted by Crippen LogP contribution is 2.36. The molecule has 0 bridgehead atoms. The normalized spacial score (nSPS) is 23.6. The summed E-state index contributed by atoms with van der Waals surface area (Å²) >= 11 is 0. The smallest absolute Gasteiger partial charge is 0.193 e. The van der Waals surface area contributed by atoms with Crippen LogP contribution in [-0.4, -0.2) is 63.6 Å². The summed E-state index contributed by atoms with van der Waals surface area (Å²) in [4.78, 5) is 9.30. The lowest BCUT2D eigenvalue weighted by Gasteiger charge is -2.28. The molecule has 0 aromatic heterocycles. The Balaban J connectivity index is 0.00000261. The molecule has 0 spiro atoms. The Morgan fingerprint density at radius 1 is 1.19 bits per heavy atom. The summed E-state index contributed by atoms with van der Waals surface area (Å²) in [6, 6.07) is 8.66. The molecule has 0 amide bonds. The second kappa shape index (κ2) is 10.5. The van der Waals surface area contributed by atoms with Crippen molar-refractivity contribution in [3.05, 3.63) is 29.8 Å². The number of benzene rings is 1. The third kappa shape index (κ3) is 5.50. The Morgan fingerprint density at radius 3 is 2.26 bits per heavy atom. The molecule has 6 heteroatoms. The third-order valence-corrected chi connectivity index (χ3v) is 6.07. The fourth-order valence-corrected chi connectivity index (χ4v) is 4.52. The van der Waals surface area contributed by atoms with Gasteiger partial charge in [-0.05, 0) is 56.5 Å². The Hall–Kier alpha value is -1.02. The average Bonchev–Trinajstić information content (AvgIpc) is 3.09. The summed E-state index contributed by atoms with van der Waals surface area (Å²) in [5, 5.41) is 3.63. The van der Waals surface area contributed by atoms with Crippen molar-refractivity contribution in [3.63, 3.8) is 0 Å². The summed E-state index contributed by atoms with van der Waals surface area (Å²) in [5.41, 5.74) is 1.29. The van der Waals surface area contributed by atoms with Gasteiger partial charge in [0.1, 0.15) is 5.75 Å². The van der Waals surface area contributed by atoms with Gasteiger partial charge in [0.05, 0.1) is 13.2 Å². The molecule has 2 fully saturated rings. The number of hydrogen-bond donors (Lipinski definition) is 1. The van der Waals surface area contributed by atoms with Crippen LogP contribution in [0, 0.1) is 11.8 Å². The second-order valence-corrected chi connectivity index (χ2v) is 7.89. The molecule has 1 aliphatic heterocycles. The van der Waals surface area contributed by atoms with E-state index in [1.807, 2.05) is 19.2 Å². The van der Waals surface area contributed by atoms with Gasteiger partial charge in [-0.25, -0.2) is 0 Å². The van der Waals surface area contributed by atoms with Crippen LogP contribution in [0.2, 0.25) is 0 Å². The standard InChI is InChI=1S/C21H34N4O.HI/c1-22-21(25-14-17-7-5-6-8-18(17)15-25)23-13-20(24(2)3)16-9-11-19(26-4)12-10-16;/h9-12,17-18,20H,5-8,13-15H2,1-4H3,(H,22,23);1H. The van der Waals surface area contributed by atoms with E-state index in [-0.39, 0.29) is 24.0 Å². The topological polar surface area (TPSA) is 40.1 Å². The molecule has 1 saturated heterocycles. The number of ether oxygens (including phenoxy) is 1. The van der Waals surface area contributed by atoms with Crippen molar-refractivity contribution in [3.8, 4) is 5.75 Å². The molecule has 3 rings (SSSR count). The summed E-state index contributed by atoms with van der Waals surface area (Å²) in [5.74, 6) is 3.69. The lowest BCUT2D eigenvalue weighted by atomic mass is 9.82. The maximum atomic E-state index is 5.28. The quantitative estimate of drug-likeness (QED) is 0.392. The van der Waals surface area contributed by atoms with Crippen molar-refractivity contribution in [2.24, 2.45) is 16.8 Å². The number of aliphatic imine (C=N–C) groups is 1. The van der Waals surface area contributed by atoms with Gasteiger partial charge in [-0.1, -0.05) is 25.0 Å². The molecule has 152 valence electrons. The van der Waals surface area contributed by atoms with Crippen LogP contribution < -0.4 is 10.1 Å². The number of likely N-dealkylation sites (N-methyl/N-ethyl adjacent to an activating group) is 1. The van der Waals surface area contributed by atoms with E-state index in [1.54, 1.807) is 7.11 Å². The molecule has 1 aliphatic carbocycles. The van der Waals surface area contributed by atoms with Gasteiger partial charge in [-0.2, -0.15) is 0 Å². The molecule has 2 aliphatic rings. The summed E-state index contributed by atoms with van der Waals surface area (Å²) in [6.07, 6.45) is 5.59. The molecule has 0 radical (unpaired) electrons. The molecule has 1 aromatic carbocycles. The van der Waals surface area contributed by atoms with Gasteiger partial charge in [0, 0.05) is 26.7 Å². The number of methoxy groups -OCH3 is 1. The van der Waals surface area contributed by atoms with Crippen molar-refractivity contribution < 1.29 is 4.74 Å². The van der Waals surface area contributed by atoms with E-state index in [2.05, 4.69) is 46.3 Å². The number of rotatable bonds is 5. The van der Waals surface area contributed by atoms with Crippen molar-refractivity contribution in [2.45, 2.75) is 31.7 Å². The molecular weight excluding hydrogens is 451 g/mol. The van der Waals surface area contributed by atoms with Crippen molar-refractivity contribution >= 4 is 29.9 Å². The van der Waals surface area contributed by atoms with E-state index in [0.717, 1.165) is 30.1 Å². The number of nitrogens with zero attached hydrogens (tertiary/aromatic N) is 3. The Kier molecular flexibility index (Phi) is 8.66. The SMILES string of the molecule is CN=C(NCC(c1ccc(OC)cc1)N(C)C)N1CC2CCCCC2C1.I. The van der Waals surface area contributed by atoms with Gasteiger partial charge in [-0.15, -0.1) is 24.0 Å². The Labute approximate surface area is 181 Å². The zero-order chi connectivity index (χ0) is 18.5.